The molecular formula is C17H25NO3. The number of aliphatic hydroxyl groups is 1. The van der Waals surface area contributed by atoms with Crippen molar-refractivity contribution < 1.29 is 14.6 Å². The summed E-state index contributed by atoms with van der Waals surface area (Å²) < 4.78 is 11.4. The predicted molar refractivity (Wildman–Crippen MR) is 81.9 cm³/mol. The summed E-state index contributed by atoms with van der Waals surface area (Å²) >= 11 is 0. The Morgan fingerprint density at radius 2 is 2.05 bits per heavy atom. The van der Waals surface area contributed by atoms with E-state index in [0.29, 0.717) is 6.04 Å². The monoisotopic (exact) mass is 291 g/mol. The van der Waals surface area contributed by atoms with Crippen molar-refractivity contribution in [3.63, 3.8) is 0 Å². The van der Waals surface area contributed by atoms with E-state index < -0.39 is 0 Å². The van der Waals surface area contributed by atoms with Crippen LogP contribution < -0.4 is 14.8 Å². The van der Waals surface area contributed by atoms with Gasteiger partial charge in [-0.15, -0.1) is 0 Å². The van der Waals surface area contributed by atoms with Gasteiger partial charge in [0.2, 0.25) is 0 Å². The van der Waals surface area contributed by atoms with Crippen LogP contribution in [0.4, 0.5) is 0 Å². The summed E-state index contributed by atoms with van der Waals surface area (Å²) in [4.78, 5) is 0. The third kappa shape index (κ3) is 3.33. The molecule has 2 N–H and O–H groups in total. The third-order valence-corrected chi connectivity index (χ3v) is 4.58. The number of nitrogens with one attached hydrogen (secondary N) is 1. The largest absolute Gasteiger partial charge is 0.496 e. The number of rotatable bonds is 4. The van der Waals surface area contributed by atoms with Gasteiger partial charge in [0.1, 0.15) is 17.6 Å². The summed E-state index contributed by atoms with van der Waals surface area (Å²) in [5.41, 5.74) is 2.39. The van der Waals surface area contributed by atoms with Gasteiger partial charge in [0.05, 0.1) is 13.2 Å². The molecule has 1 heterocycles. The van der Waals surface area contributed by atoms with E-state index in [1.807, 2.05) is 0 Å². The lowest BCUT2D eigenvalue weighted by atomic mass is 9.93. The van der Waals surface area contributed by atoms with Crippen molar-refractivity contribution in [2.45, 2.75) is 63.8 Å². The van der Waals surface area contributed by atoms with Gasteiger partial charge >= 0.3 is 0 Å². The maximum absolute atomic E-state index is 9.56. The molecule has 2 aliphatic rings. The highest BCUT2D eigenvalue weighted by atomic mass is 16.5. The quantitative estimate of drug-likeness (QED) is 0.894. The van der Waals surface area contributed by atoms with Crippen LogP contribution in [0.15, 0.2) is 12.1 Å². The smallest absolute Gasteiger partial charge is 0.123 e. The molecule has 1 aliphatic heterocycles. The molecule has 3 rings (SSSR count). The Labute approximate surface area is 126 Å². The minimum absolute atomic E-state index is 0.104. The van der Waals surface area contributed by atoms with Gasteiger partial charge in [-0.05, 0) is 44.7 Å². The van der Waals surface area contributed by atoms with E-state index in [0.717, 1.165) is 55.7 Å². The molecule has 1 fully saturated rings. The number of benzene rings is 1. The molecule has 4 heteroatoms. The molecule has 0 amide bonds. The molecular weight excluding hydrogens is 266 g/mol. The molecule has 0 saturated heterocycles. The SMILES string of the molecule is COc1cc2c(cc1CNC1CCC(O)CC1)OC(C)C2. The molecule has 0 bridgehead atoms. The highest BCUT2D eigenvalue weighted by molar-refractivity contribution is 5.48. The number of methoxy groups -OCH3 is 1. The minimum Gasteiger partial charge on any atom is -0.496 e. The fraction of sp³-hybridized carbons (Fsp3) is 0.647. The molecule has 1 aromatic carbocycles. The van der Waals surface area contributed by atoms with E-state index in [4.69, 9.17) is 9.47 Å². The maximum Gasteiger partial charge on any atom is 0.123 e. The van der Waals surface area contributed by atoms with Gasteiger partial charge in [-0.25, -0.2) is 0 Å². The van der Waals surface area contributed by atoms with Crippen molar-refractivity contribution in [2.24, 2.45) is 0 Å². The van der Waals surface area contributed by atoms with E-state index in [-0.39, 0.29) is 12.2 Å². The average Bonchev–Trinajstić information content (AvgIpc) is 2.84. The number of hydrogen-bond donors (Lipinski definition) is 2. The van der Waals surface area contributed by atoms with Crippen LogP contribution in [0.1, 0.15) is 43.7 Å². The Bertz CT molecular complexity index is 495. The van der Waals surface area contributed by atoms with Gasteiger partial charge in [0.15, 0.2) is 0 Å². The van der Waals surface area contributed by atoms with Crippen molar-refractivity contribution in [2.75, 3.05) is 7.11 Å². The van der Waals surface area contributed by atoms with E-state index in [1.54, 1.807) is 7.11 Å². The summed E-state index contributed by atoms with van der Waals surface area (Å²) in [6.45, 7) is 2.88. The fourth-order valence-corrected chi connectivity index (χ4v) is 3.34. The predicted octanol–water partition coefficient (Wildman–Crippen LogP) is 2.41. The zero-order valence-electron chi connectivity index (χ0n) is 12.9. The summed E-state index contributed by atoms with van der Waals surface area (Å²) in [6.07, 6.45) is 5.00. The van der Waals surface area contributed by atoms with Crippen molar-refractivity contribution in [1.82, 2.24) is 5.32 Å². The van der Waals surface area contributed by atoms with Crippen LogP contribution in [0.5, 0.6) is 11.5 Å². The Morgan fingerprint density at radius 1 is 1.29 bits per heavy atom. The summed E-state index contributed by atoms with van der Waals surface area (Å²) in [6, 6.07) is 4.72. The van der Waals surface area contributed by atoms with Crippen LogP contribution in [-0.2, 0) is 13.0 Å². The van der Waals surface area contributed by atoms with Gasteiger partial charge in [-0.2, -0.15) is 0 Å². The number of aliphatic hydroxyl groups excluding tert-OH is 1. The highest BCUT2D eigenvalue weighted by Crippen LogP contribution is 2.35. The molecule has 1 saturated carbocycles. The van der Waals surface area contributed by atoms with Gasteiger partial charge in [-0.3, -0.25) is 0 Å². The maximum atomic E-state index is 9.56. The molecule has 0 radical (unpaired) electrons. The first-order valence-corrected chi connectivity index (χ1v) is 7.93. The molecule has 1 aromatic rings. The molecule has 0 spiro atoms. The Balaban J connectivity index is 1.66. The van der Waals surface area contributed by atoms with E-state index in [1.165, 1.54) is 5.56 Å². The number of fused-ring (bicyclic) bond motifs is 1. The van der Waals surface area contributed by atoms with Crippen LogP contribution in [0.25, 0.3) is 0 Å². The van der Waals surface area contributed by atoms with Gasteiger partial charge in [0, 0.05) is 30.1 Å². The molecule has 1 unspecified atom stereocenters. The van der Waals surface area contributed by atoms with Gasteiger partial charge in [0.25, 0.3) is 0 Å². The van der Waals surface area contributed by atoms with Crippen LogP contribution in [0, 0.1) is 0 Å². The topological polar surface area (TPSA) is 50.7 Å². The van der Waals surface area contributed by atoms with Crippen molar-refractivity contribution in [1.29, 1.82) is 0 Å². The molecule has 4 nitrogen and oxygen atoms in total. The van der Waals surface area contributed by atoms with Crippen molar-refractivity contribution >= 4 is 0 Å². The minimum atomic E-state index is -0.104. The van der Waals surface area contributed by atoms with E-state index in [9.17, 15) is 5.11 Å². The Hall–Kier alpha value is -1.26. The van der Waals surface area contributed by atoms with Crippen LogP contribution in [0.3, 0.4) is 0 Å². The lowest BCUT2D eigenvalue weighted by Gasteiger charge is -2.26. The summed E-state index contributed by atoms with van der Waals surface area (Å²) in [7, 11) is 1.72. The summed E-state index contributed by atoms with van der Waals surface area (Å²) in [5, 5.41) is 13.1. The first-order valence-electron chi connectivity index (χ1n) is 7.93. The second-order valence-electron chi connectivity index (χ2n) is 6.29. The van der Waals surface area contributed by atoms with Gasteiger partial charge < -0.3 is 19.9 Å². The summed E-state index contributed by atoms with van der Waals surface area (Å²) in [5.74, 6) is 1.94. The van der Waals surface area contributed by atoms with Gasteiger partial charge in [-0.1, -0.05) is 0 Å². The van der Waals surface area contributed by atoms with Crippen LogP contribution >= 0.6 is 0 Å². The number of hydrogen-bond acceptors (Lipinski definition) is 4. The number of ether oxygens (including phenoxy) is 2. The molecule has 1 aliphatic carbocycles. The molecule has 116 valence electrons. The first-order chi connectivity index (χ1) is 10.2. The van der Waals surface area contributed by atoms with Crippen molar-refractivity contribution in [3.8, 4) is 11.5 Å². The fourth-order valence-electron chi connectivity index (χ4n) is 3.34. The van der Waals surface area contributed by atoms with Crippen molar-refractivity contribution in [3.05, 3.63) is 23.3 Å². The lowest BCUT2D eigenvalue weighted by molar-refractivity contribution is 0.116. The van der Waals surface area contributed by atoms with Crippen LogP contribution in [0.2, 0.25) is 0 Å². The lowest BCUT2D eigenvalue weighted by Crippen LogP contribution is -2.34. The third-order valence-electron chi connectivity index (χ3n) is 4.58. The highest BCUT2D eigenvalue weighted by Gasteiger charge is 2.23. The Kier molecular flexibility index (Phi) is 4.36. The average molecular weight is 291 g/mol. The van der Waals surface area contributed by atoms with E-state index in [2.05, 4.69) is 24.4 Å². The Morgan fingerprint density at radius 3 is 2.76 bits per heavy atom. The second kappa shape index (κ2) is 6.24. The molecule has 0 aromatic heterocycles. The second-order valence-corrected chi connectivity index (χ2v) is 6.29. The zero-order valence-corrected chi connectivity index (χ0v) is 12.9. The zero-order chi connectivity index (χ0) is 14.8. The van der Waals surface area contributed by atoms with Crippen LogP contribution in [-0.4, -0.2) is 30.5 Å². The standard InChI is InChI=1S/C17H25NO3/c1-11-7-12-8-16(20-2)13(9-17(12)21-11)10-18-14-3-5-15(19)6-4-14/h8-9,11,14-15,18-19H,3-7,10H2,1-2H3. The normalized spacial score (nSPS) is 28.0. The molecule has 1 atom stereocenters. The first kappa shape index (κ1) is 14.7. The van der Waals surface area contributed by atoms with E-state index >= 15 is 0 Å². The molecule has 21 heavy (non-hydrogen) atoms.